The van der Waals surface area contributed by atoms with E-state index >= 15 is 0 Å². The lowest BCUT2D eigenvalue weighted by Crippen LogP contribution is -2.09. The number of hydrogen-bond donors (Lipinski definition) is 2. The minimum Gasteiger partial charge on any atom is -0.377 e. The Balaban J connectivity index is 2.29. The lowest BCUT2D eigenvalue weighted by atomic mass is 10.1. The van der Waals surface area contributed by atoms with E-state index in [1.54, 1.807) is 19.2 Å². The predicted molar refractivity (Wildman–Crippen MR) is 66.5 cm³/mol. The highest BCUT2D eigenvalue weighted by Gasteiger charge is 2.11. The standard InChI is InChI=1S/C13H13FN4/c1-8-11(14)5-10(7-15)6-13(8)17-9(2)12-3-4-16-18-12/h3-6,9,17H,1-2H3,(H,16,18). The molecule has 0 spiro atoms. The Morgan fingerprint density at radius 3 is 2.89 bits per heavy atom. The first kappa shape index (κ1) is 12.1. The maximum atomic E-state index is 13.6. The van der Waals surface area contributed by atoms with E-state index in [2.05, 4.69) is 15.5 Å². The fourth-order valence-electron chi connectivity index (χ4n) is 1.71. The van der Waals surface area contributed by atoms with Crippen molar-refractivity contribution in [1.82, 2.24) is 10.2 Å². The van der Waals surface area contributed by atoms with Crippen molar-refractivity contribution < 1.29 is 4.39 Å². The molecule has 4 nitrogen and oxygen atoms in total. The van der Waals surface area contributed by atoms with Crippen LogP contribution in [0.3, 0.4) is 0 Å². The summed E-state index contributed by atoms with van der Waals surface area (Å²) in [6.07, 6.45) is 1.66. The van der Waals surface area contributed by atoms with Crippen LogP contribution in [0.2, 0.25) is 0 Å². The average molecular weight is 244 g/mol. The summed E-state index contributed by atoms with van der Waals surface area (Å²) >= 11 is 0. The molecule has 2 aromatic rings. The Bertz CT molecular complexity index is 584. The number of halogens is 1. The fraction of sp³-hybridized carbons (Fsp3) is 0.231. The Kier molecular flexibility index (Phi) is 3.28. The molecular weight excluding hydrogens is 231 g/mol. The number of nitrogens with one attached hydrogen (secondary N) is 2. The van der Waals surface area contributed by atoms with Crippen LogP contribution < -0.4 is 5.32 Å². The van der Waals surface area contributed by atoms with Gasteiger partial charge in [-0.3, -0.25) is 5.10 Å². The maximum absolute atomic E-state index is 13.6. The summed E-state index contributed by atoms with van der Waals surface area (Å²) < 4.78 is 13.6. The molecular formula is C13H13FN4. The van der Waals surface area contributed by atoms with Crippen LogP contribution in [0, 0.1) is 24.1 Å². The molecule has 1 aromatic carbocycles. The van der Waals surface area contributed by atoms with Gasteiger partial charge in [0.2, 0.25) is 0 Å². The molecule has 0 aliphatic rings. The predicted octanol–water partition coefficient (Wildman–Crippen LogP) is 2.90. The molecule has 0 amide bonds. The Morgan fingerprint density at radius 2 is 2.28 bits per heavy atom. The van der Waals surface area contributed by atoms with Gasteiger partial charge in [-0.15, -0.1) is 0 Å². The van der Waals surface area contributed by atoms with E-state index in [0.717, 1.165) is 5.69 Å². The van der Waals surface area contributed by atoms with E-state index in [1.807, 2.05) is 19.1 Å². The first-order chi connectivity index (χ1) is 8.61. The smallest absolute Gasteiger partial charge is 0.129 e. The second-order valence-corrected chi connectivity index (χ2v) is 4.12. The molecule has 18 heavy (non-hydrogen) atoms. The number of aromatic nitrogens is 2. The molecule has 2 rings (SSSR count). The lowest BCUT2D eigenvalue weighted by Gasteiger charge is -2.16. The van der Waals surface area contributed by atoms with Crippen LogP contribution in [0.15, 0.2) is 24.4 Å². The Morgan fingerprint density at radius 1 is 1.50 bits per heavy atom. The Hall–Kier alpha value is -2.35. The topological polar surface area (TPSA) is 64.5 Å². The van der Waals surface area contributed by atoms with Gasteiger partial charge in [0.1, 0.15) is 5.82 Å². The normalized spacial score (nSPS) is 11.9. The highest BCUT2D eigenvalue weighted by atomic mass is 19.1. The third kappa shape index (κ3) is 2.33. The summed E-state index contributed by atoms with van der Waals surface area (Å²) in [5.41, 5.74) is 2.32. The van der Waals surface area contributed by atoms with Crippen molar-refractivity contribution in [2.45, 2.75) is 19.9 Å². The van der Waals surface area contributed by atoms with Crippen molar-refractivity contribution in [2.75, 3.05) is 5.32 Å². The molecule has 0 aliphatic carbocycles. The molecule has 1 aromatic heterocycles. The number of hydrogen-bond acceptors (Lipinski definition) is 3. The third-order valence-corrected chi connectivity index (χ3v) is 2.83. The fourth-order valence-corrected chi connectivity index (χ4v) is 1.71. The quantitative estimate of drug-likeness (QED) is 0.872. The van der Waals surface area contributed by atoms with Crippen molar-refractivity contribution in [3.8, 4) is 6.07 Å². The molecule has 0 saturated heterocycles. The van der Waals surface area contributed by atoms with Gasteiger partial charge in [0.25, 0.3) is 0 Å². The van der Waals surface area contributed by atoms with E-state index in [1.165, 1.54) is 6.07 Å². The lowest BCUT2D eigenvalue weighted by molar-refractivity contribution is 0.618. The van der Waals surface area contributed by atoms with Crippen molar-refractivity contribution in [1.29, 1.82) is 5.26 Å². The van der Waals surface area contributed by atoms with Crippen molar-refractivity contribution in [3.05, 3.63) is 47.0 Å². The van der Waals surface area contributed by atoms with Gasteiger partial charge in [-0.05, 0) is 32.0 Å². The minimum absolute atomic E-state index is 0.0421. The van der Waals surface area contributed by atoms with Gasteiger partial charge in [0.05, 0.1) is 23.4 Å². The monoisotopic (exact) mass is 244 g/mol. The second-order valence-electron chi connectivity index (χ2n) is 4.12. The highest BCUT2D eigenvalue weighted by molar-refractivity contribution is 5.56. The van der Waals surface area contributed by atoms with Gasteiger partial charge in [0, 0.05) is 17.4 Å². The number of nitrogens with zero attached hydrogens (tertiary/aromatic N) is 2. The summed E-state index contributed by atoms with van der Waals surface area (Å²) in [6.45, 7) is 3.61. The molecule has 92 valence electrons. The van der Waals surface area contributed by atoms with Gasteiger partial charge in [0.15, 0.2) is 0 Å². The van der Waals surface area contributed by atoms with Crippen molar-refractivity contribution in [2.24, 2.45) is 0 Å². The summed E-state index contributed by atoms with van der Waals surface area (Å²) in [7, 11) is 0. The van der Waals surface area contributed by atoms with E-state index < -0.39 is 0 Å². The van der Waals surface area contributed by atoms with Crippen LogP contribution in [-0.4, -0.2) is 10.2 Å². The molecule has 1 atom stereocenters. The zero-order valence-electron chi connectivity index (χ0n) is 10.2. The van der Waals surface area contributed by atoms with Crippen LogP contribution in [0.25, 0.3) is 0 Å². The summed E-state index contributed by atoms with van der Waals surface area (Å²) in [6, 6.07) is 6.63. The minimum atomic E-state index is -0.381. The number of rotatable bonds is 3. The molecule has 5 heteroatoms. The van der Waals surface area contributed by atoms with Crippen molar-refractivity contribution in [3.63, 3.8) is 0 Å². The molecule has 2 N–H and O–H groups in total. The van der Waals surface area contributed by atoms with Crippen LogP contribution >= 0.6 is 0 Å². The zero-order valence-corrected chi connectivity index (χ0v) is 10.2. The number of benzene rings is 1. The van der Waals surface area contributed by atoms with Gasteiger partial charge >= 0.3 is 0 Å². The van der Waals surface area contributed by atoms with Crippen molar-refractivity contribution >= 4 is 5.69 Å². The number of anilines is 1. The van der Waals surface area contributed by atoms with Gasteiger partial charge in [-0.25, -0.2) is 4.39 Å². The summed E-state index contributed by atoms with van der Waals surface area (Å²) in [5.74, 6) is -0.381. The molecule has 0 saturated carbocycles. The molecule has 0 fully saturated rings. The van der Waals surface area contributed by atoms with E-state index in [0.29, 0.717) is 16.8 Å². The van der Waals surface area contributed by atoms with Crippen LogP contribution in [0.5, 0.6) is 0 Å². The third-order valence-electron chi connectivity index (χ3n) is 2.83. The largest absolute Gasteiger partial charge is 0.377 e. The molecule has 0 bridgehead atoms. The SMILES string of the molecule is Cc1c(F)cc(C#N)cc1NC(C)c1ccn[nH]1. The van der Waals surface area contributed by atoms with E-state index in [4.69, 9.17) is 5.26 Å². The van der Waals surface area contributed by atoms with Gasteiger partial charge < -0.3 is 5.32 Å². The molecule has 1 unspecified atom stereocenters. The number of nitriles is 1. The summed E-state index contributed by atoms with van der Waals surface area (Å²) in [5, 5.41) is 18.7. The van der Waals surface area contributed by atoms with Crippen LogP contribution in [0.1, 0.15) is 29.8 Å². The first-order valence-corrected chi connectivity index (χ1v) is 5.58. The zero-order chi connectivity index (χ0) is 13.1. The van der Waals surface area contributed by atoms with Gasteiger partial charge in [-0.1, -0.05) is 0 Å². The average Bonchev–Trinajstić information content (AvgIpc) is 2.88. The maximum Gasteiger partial charge on any atom is 0.129 e. The van der Waals surface area contributed by atoms with Gasteiger partial charge in [-0.2, -0.15) is 10.4 Å². The summed E-state index contributed by atoms with van der Waals surface area (Å²) in [4.78, 5) is 0. The molecule has 1 heterocycles. The number of aromatic amines is 1. The van der Waals surface area contributed by atoms with E-state index in [9.17, 15) is 4.39 Å². The highest BCUT2D eigenvalue weighted by Crippen LogP contribution is 2.24. The molecule has 0 aliphatic heterocycles. The number of H-pyrrole nitrogens is 1. The molecule has 0 radical (unpaired) electrons. The Labute approximate surface area is 104 Å². The van der Waals surface area contributed by atoms with Crippen LogP contribution in [-0.2, 0) is 0 Å². The first-order valence-electron chi connectivity index (χ1n) is 5.58. The second kappa shape index (κ2) is 4.88. The van der Waals surface area contributed by atoms with Crippen LogP contribution in [0.4, 0.5) is 10.1 Å². The van der Waals surface area contributed by atoms with E-state index in [-0.39, 0.29) is 11.9 Å².